The second kappa shape index (κ2) is 7.15. The zero-order chi connectivity index (χ0) is 14.5. The average Bonchev–Trinajstić information content (AvgIpc) is 2.85. The van der Waals surface area contributed by atoms with Gasteiger partial charge in [-0.1, -0.05) is 19.0 Å². The predicted molar refractivity (Wildman–Crippen MR) is 78.7 cm³/mol. The van der Waals surface area contributed by atoms with E-state index in [0.717, 1.165) is 44.4 Å². The third-order valence-electron chi connectivity index (χ3n) is 3.94. The summed E-state index contributed by atoms with van der Waals surface area (Å²) < 4.78 is 5.45. The maximum absolute atomic E-state index is 5.45. The molecule has 1 aliphatic heterocycles. The van der Waals surface area contributed by atoms with Gasteiger partial charge in [-0.2, -0.15) is 4.98 Å². The Balaban J connectivity index is 2.06. The van der Waals surface area contributed by atoms with Gasteiger partial charge in [-0.3, -0.25) is 4.90 Å². The molecule has 0 aromatic carbocycles. The summed E-state index contributed by atoms with van der Waals surface area (Å²) in [6, 6.07) is 0.228. The first-order chi connectivity index (χ1) is 9.61. The van der Waals surface area contributed by atoms with E-state index in [2.05, 4.69) is 53.2 Å². The lowest BCUT2D eigenvalue weighted by Gasteiger charge is -2.24. The van der Waals surface area contributed by atoms with Gasteiger partial charge < -0.3 is 14.7 Å². The minimum Gasteiger partial charge on any atom is -0.339 e. The Morgan fingerprint density at radius 3 is 2.95 bits per heavy atom. The number of rotatable bonds is 5. The van der Waals surface area contributed by atoms with Gasteiger partial charge in [0.05, 0.1) is 6.04 Å². The van der Waals surface area contributed by atoms with Crippen molar-refractivity contribution in [1.82, 2.24) is 25.3 Å². The SMILES string of the molecule is CCNCC(C)c1nc(C2CN(C)CCCN2C)no1. The van der Waals surface area contributed by atoms with E-state index in [1.165, 1.54) is 6.42 Å². The lowest BCUT2D eigenvalue weighted by Crippen LogP contribution is -2.31. The fourth-order valence-electron chi connectivity index (χ4n) is 2.58. The standard InChI is InChI=1S/C14H27N5O/c1-5-15-9-11(2)14-16-13(17-20-14)12-10-18(3)7-6-8-19(12)4/h11-12,15H,5-10H2,1-4H3. The number of nitrogens with one attached hydrogen (secondary N) is 1. The molecule has 2 atom stereocenters. The summed E-state index contributed by atoms with van der Waals surface area (Å²) in [5.74, 6) is 1.81. The molecule has 0 radical (unpaired) electrons. The van der Waals surface area contributed by atoms with Crippen LogP contribution in [0.3, 0.4) is 0 Å². The van der Waals surface area contributed by atoms with Crippen molar-refractivity contribution in [2.45, 2.75) is 32.2 Å². The Hall–Kier alpha value is -0.980. The van der Waals surface area contributed by atoms with Crippen LogP contribution in [0.15, 0.2) is 4.52 Å². The maximum Gasteiger partial charge on any atom is 0.230 e. The number of aromatic nitrogens is 2. The molecule has 1 aromatic heterocycles. The second-order valence-electron chi connectivity index (χ2n) is 5.81. The van der Waals surface area contributed by atoms with Crippen molar-refractivity contribution in [2.24, 2.45) is 0 Å². The lowest BCUT2D eigenvalue weighted by atomic mass is 10.2. The number of nitrogens with zero attached hydrogens (tertiary/aromatic N) is 4. The monoisotopic (exact) mass is 281 g/mol. The minimum atomic E-state index is 0.228. The van der Waals surface area contributed by atoms with Crippen molar-refractivity contribution < 1.29 is 4.52 Å². The second-order valence-corrected chi connectivity index (χ2v) is 5.81. The zero-order valence-corrected chi connectivity index (χ0v) is 13.1. The Labute approximate surface area is 121 Å². The van der Waals surface area contributed by atoms with E-state index >= 15 is 0 Å². The first-order valence-electron chi connectivity index (χ1n) is 7.54. The average molecular weight is 281 g/mol. The van der Waals surface area contributed by atoms with E-state index in [0.29, 0.717) is 0 Å². The fraction of sp³-hybridized carbons (Fsp3) is 0.857. The number of hydrogen-bond acceptors (Lipinski definition) is 6. The summed E-state index contributed by atoms with van der Waals surface area (Å²) in [6.45, 7) is 9.20. The quantitative estimate of drug-likeness (QED) is 0.872. The molecule has 20 heavy (non-hydrogen) atoms. The van der Waals surface area contributed by atoms with Gasteiger partial charge in [-0.15, -0.1) is 0 Å². The third-order valence-corrected chi connectivity index (χ3v) is 3.94. The van der Waals surface area contributed by atoms with Crippen molar-refractivity contribution >= 4 is 0 Å². The van der Waals surface area contributed by atoms with Crippen molar-refractivity contribution in [3.8, 4) is 0 Å². The van der Waals surface area contributed by atoms with E-state index < -0.39 is 0 Å². The van der Waals surface area contributed by atoms with Crippen LogP contribution in [-0.4, -0.2) is 66.8 Å². The molecule has 2 rings (SSSR count). The molecule has 1 fully saturated rings. The van der Waals surface area contributed by atoms with Gasteiger partial charge in [0.1, 0.15) is 0 Å². The summed E-state index contributed by atoms with van der Waals surface area (Å²) in [5, 5.41) is 7.53. The Bertz CT molecular complexity index is 408. The van der Waals surface area contributed by atoms with Crippen molar-refractivity contribution in [3.05, 3.63) is 11.7 Å². The van der Waals surface area contributed by atoms with Gasteiger partial charge in [0, 0.05) is 19.0 Å². The van der Waals surface area contributed by atoms with Crippen molar-refractivity contribution in [1.29, 1.82) is 0 Å². The predicted octanol–water partition coefficient (Wildman–Crippen LogP) is 1.09. The topological polar surface area (TPSA) is 57.4 Å². The summed E-state index contributed by atoms with van der Waals surface area (Å²) in [4.78, 5) is 9.29. The van der Waals surface area contributed by atoms with Crippen LogP contribution in [0.25, 0.3) is 0 Å². The summed E-state index contributed by atoms with van der Waals surface area (Å²) >= 11 is 0. The Kier molecular flexibility index (Phi) is 5.51. The van der Waals surface area contributed by atoms with Crippen LogP contribution in [0, 0.1) is 0 Å². The Morgan fingerprint density at radius 1 is 1.40 bits per heavy atom. The summed E-state index contributed by atoms with van der Waals surface area (Å²) in [7, 11) is 4.29. The van der Waals surface area contributed by atoms with Gasteiger partial charge in [-0.05, 0) is 40.2 Å². The lowest BCUT2D eigenvalue weighted by molar-refractivity contribution is 0.214. The van der Waals surface area contributed by atoms with Gasteiger partial charge in [0.2, 0.25) is 5.89 Å². The molecule has 0 aliphatic carbocycles. The molecule has 2 heterocycles. The highest BCUT2D eigenvalue weighted by atomic mass is 16.5. The molecule has 0 spiro atoms. The molecule has 0 saturated carbocycles. The minimum absolute atomic E-state index is 0.228. The van der Waals surface area contributed by atoms with Crippen LogP contribution in [-0.2, 0) is 0 Å². The molecule has 0 bridgehead atoms. The van der Waals surface area contributed by atoms with Gasteiger partial charge in [-0.25, -0.2) is 0 Å². The van der Waals surface area contributed by atoms with Crippen molar-refractivity contribution in [2.75, 3.05) is 46.8 Å². The molecule has 1 aliphatic rings. The summed E-state index contributed by atoms with van der Waals surface area (Å²) in [5.41, 5.74) is 0. The van der Waals surface area contributed by atoms with Crippen molar-refractivity contribution in [3.63, 3.8) is 0 Å². The van der Waals surface area contributed by atoms with Gasteiger partial charge in [0.15, 0.2) is 5.82 Å². The zero-order valence-electron chi connectivity index (χ0n) is 13.1. The van der Waals surface area contributed by atoms with E-state index in [1.54, 1.807) is 0 Å². The van der Waals surface area contributed by atoms with E-state index in [-0.39, 0.29) is 12.0 Å². The first kappa shape index (κ1) is 15.4. The molecule has 6 nitrogen and oxygen atoms in total. The molecule has 1 N–H and O–H groups in total. The van der Waals surface area contributed by atoms with Crippen LogP contribution < -0.4 is 5.32 Å². The molecule has 2 unspecified atom stereocenters. The molecular formula is C14H27N5O. The highest BCUT2D eigenvalue weighted by molar-refractivity contribution is 5.00. The van der Waals surface area contributed by atoms with Crippen LogP contribution in [0.2, 0.25) is 0 Å². The molecule has 114 valence electrons. The highest BCUT2D eigenvalue weighted by Crippen LogP contribution is 2.22. The molecule has 0 amide bonds. The number of likely N-dealkylation sites (N-methyl/N-ethyl adjacent to an activating group) is 3. The van der Waals surface area contributed by atoms with Crippen LogP contribution in [0.4, 0.5) is 0 Å². The Morgan fingerprint density at radius 2 is 2.20 bits per heavy atom. The molecule has 1 saturated heterocycles. The largest absolute Gasteiger partial charge is 0.339 e. The fourth-order valence-corrected chi connectivity index (χ4v) is 2.58. The third kappa shape index (κ3) is 3.77. The maximum atomic E-state index is 5.45. The van der Waals surface area contributed by atoms with E-state index in [1.807, 2.05) is 0 Å². The molecule has 6 heteroatoms. The van der Waals surface area contributed by atoms with E-state index in [4.69, 9.17) is 4.52 Å². The van der Waals surface area contributed by atoms with E-state index in [9.17, 15) is 0 Å². The first-order valence-corrected chi connectivity index (χ1v) is 7.54. The van der Waals surface area contributed by atoms with Crippen LogP contribution >= 0.6 is 0 Å². The van der Waals surface area contributed by atoms with Crippen LogP contribution in [0.5, 0.6) is 0 Å². The smallest absolute Gasteiger partial charge is 0.230 e. The molecule has 1 aromatic rings. The molecular weight excluding hydrogens is 254 g/mol. The highest BCUT2D eigenvalue weighted by Gasteiger charge is 2.27. The van der Waals surface area contributed by atoms with Gasteiger partial charge in [0.25, 0.3) is 0 Å². The van der Waals surface area contributed by atoms with Gasteiger partial charge >= 0.3 is 0 Å². The normalized spacial score (nSPS) is 23.7. The summed E-state index contributed by atoms with van der Waals surface area (Å²) in [6.07, 6.45) is 1.19. The number of hydrogen-bond donors (Lipinski definition) is 1. The van der Waals surface area contributed by atoms with Crippen LogP contribution in [0.1, 0.15) is 43.9 Å².